The molecule has 1 rings (SSSR count). The van der Waals surface area contributed by atoms with Gasteiger partial charge in [-0.25, -0.2) is 8.78 Å². The molecule has 0 aliphatic rings. The van der Waals surface area contributed by atoms with E-state index in [0.29, 0.717) is 0 Å². The van der Waals surface area contributed by atoms with Crippen molar-refractivity contribution in [3.63, 3.8) is 0 Å². The number of alkyl halides is 3. The van der Waals surface area contributed by atoms with Crippen LogP contribution in [0.5, 0.6) is 0 Å². The van der Waals surface area contributed by atoms with Crippen LogP contribution in [0.25, 0.3) is 0 Å². The molecule has 0 aromatic heterocycles. The van der Waals surface area contributed by atoms with E-state index >= 15 is 0 Å². The smallest absolute Gasteiger partial charge is 0.312 e. The second-order valence-corrected chi connectivity index (χ2v) is 4.28. The molecule has 20 heavy (non-hydrogen) atoms. The van der Waals surface area contributed by atoms with Crippen LogP contribution in [-0.2, 0) is 6.54 Å². The van der Waals surface area contributed by atoms with Gasteiger partial charge in [-0.1, -0.05) is 0 Å². The predicted octanol–water partition coefficient (Wildman–Crippen LogP) is 3.66. The van der Waals surface area contributed by atoms with Gasteiger partial charge >= 0.3 is 6.18 Å². The summed E-state index contributed by atoms with van der Waals surface area (Å²) in [6.45, 7) is 0.102. The maximum absolute atomic E-state index is 13.4. The molecule has 0 saturated carbocycles. The van der Waals surface area contributed by atoms with Gasteiger partial charge in [0.25, 0.3) is 0 Å². The third-order valence-electron chi connectivity index (χ3n) is 2.64. The molecule has 0 spiro atoms. The summed E-state index contributed by atoms with van der Waals surface area (Å²) in [4.78, 5) is 0. The first-order chi connectivity index (χ1) is 9.33. The van der Waals surface area contributed by atoms with Crippen molar-refractivity contribution in [2.75, 3.05) is 6.54 Å². The molecule has 1 N–H and O–H groups in total. The Morgan fingerprint density at radius 1 is 1.10 bits per heavy atom. The molecule has 0 atom stereocenters. The Balaban J connectivity index is 2.38. The number of hydrogen-bond donors (Lipinski definition) is 1. The number of halogens is 5. The van der Waals surface area contributed by atoms with Gasteiger partial charge < -0.3 is 5.32 Å². The molecule has 110 valence electrons. The average molecular weight is 292 g/mol. The van der Waals surface area contributed by atoms with Gasteiger partial charge in [0.15, 0.2) is 0 Å². The highest BCUT2D eigenvalue weighted by molar-refractivity contribution is 5.34. The number of nitriles is 1. The van der Waals surface area contributed by atoms with Gasteiger partial charge in [0.1, 0.15) is 11.6 Å². The second kappa shape index (κ2) is 7.20. The van der Waals surface area contributed by atoms with Crippen molar-refractivity contribution in [1.29, 1.82) is 5.26 Å². The van der Waals surface area contributed by atoms with Crippen LogP contribution in [0.4, 0.5) is 22.0 Å². The van der Waals surface area contributed by atoms with Gasteiger partial charge in [-0.15, -0.1) is 0 Å². The van der Waals surface area contributed by atoms with Crippen molar-refractivity contribution in [2.45, 2.75) is 32.0 Å². The quantitative estimate of drug-likeness (QED) is 0.641. The highest BCUT2D eigenvalue weighted by Gasteiger charge is 2.25. The Bertz CT molecular complexity index is 468. The Labute approximate surface area is 113 Å². The summed E-state index contributed by atoms with van der Waals surface area (Å²) < 4.78 is 62.5. The monoisotopic (exact) mass is 292 g/mol. The molecule has 0 saturated heterocycles. The summed E-state index contributed by atoms with van der Waals surface area (Å²) in [5.41, 5.74) is -0.339. The third kappa shape index (κ3) is 5.53. The average Bonchev–Trinajstić information content (AvgIpc) is 2.34. The Kier molecular flexibility index (Phi) is 5.89. The number of rotatable bonds is 6. The summed E-state index contributed by atoms with van der Waals surface area (Å²) in [5.74, 6) is -1.69. The van der Waals surface area contributed by atoms with Gasteiger partial charge in [-0.05, 0) is 31.5 Å². The number of hydrogen-bond acceptors (Lipinski definition) is 2. The standard InChI is InChI=1S/C13H13F5N2/c14-11-5-9(7-19)6-12(15)10(11)8-20-4-2-1-3-13(16,17)18/h5-6,20H,1-4,8H2. The first kappa shape index (κ1) is 16.4. The zero-order chi connectivity index (χ0) is 15.2. The van der Waals surface area contributed by atoms with Crippen LogP contribution in [0.2, 0.25) is 0 Å². The van der Waals surface area contributed by atoms with Crippen LogP contribution in [0.15, 0.2) is 12.1 Å². The lowest BCUT2D eigenvalue weighted by atomic mass is 10.1. The normalized spacial score (nSPS) is 11.4. The number of nitrogens with one attached hydrogen (secondary N) is 1. The molecule has 0 fully saturated rings. The molecule has 0 aliphatic carbocycles. The molecule has 0 amide bonds. The van der Waals surface area contributed by atoms with Crippen LogP contribution < -0.4 is 5.32 Å². The fraction of sp³-hybridized carbons (Fsp3) is 0.462. The van der Waals surface area contributed by atoms with E-state index < -0.39 is 24.2 Å². The van der Waals surface area contributed by atoms with Crippen LogP contribution in [0.3, 0.4) is 0 Å². The number of unbranched alkanes of at least 4 members (excludes halogenated alkanes) is 1. The minimum Gasteiger partial charge on any atom is -0.312 e. The Morgan fingerprint density at radius 3 is 2.20 bits per heavy atom. The van der Waals surface area contributed by atoms with E-state index in [9.17, 15) is 22.0 Å². The first-order valence-corrected chi connectivity index (χ1v) is 5.99. The summed E-state index contributed by atoms with van der Waals surface area (Å²) in [6, 6.07) is 3.47. The molecule has 1 aromatic carbocycles. The van der Waals surface area contributed by atoms with Gasteiger partial charge in [0.05, 0.1) is 11.6 Å². The van der Waals surface area contributed by atoms with Crippen molar-refractivity contribution in [3.8, 4) is 6.07 Å². The summed E-state index contributed by atoms with van der Waals surface area (Å²) in [7, 11) is 0. The molecule has 0 aliphatic heterocycles. The molecule has 1 aromatic rings. The highest BCUT2D eigenvalue weighted by atomic mass is 19.4. The predicted molar refractivity (Wildman–Crippen MR) is 62.7 cm³/mol. The van der Waals surface area contributed by atoms with Crippen molar-refractivity contribution in [1.82, 2.24) is 5.32 Å². The van der Waals surface area contributed by atoms with Crippen LogP contribution in [-0.4, -0.2) is 12.7 Å². The summed E-state index contributed by atoms with van der Waals surface area (Å²) in [5, 5.41) is 11.2. The Morgan fingerprint density at radius 2 is 1.70 bits per heavy atom. The Hall–Kier alpha value is -1.68. The van der Waals surface area contributed by atoms with Gasteiger partial charge in [-0.2, -0.15) is 18.4 Å². The first-order valence-electron chi connectivity index (χ1n) is 5.99. The molecule has 0 bridgehead atoms. The van der Waals surface area contributed by atoms with Gasteiger partial charge in [-0.3, -0.25) is 0 Å². The lowest BCUT2D eigenvalue weighted by Crippen LogP contribution is -2.17. The van der Waals surface area contributed by atoms with E-state index in [1.165, 1.54) is 0 Å². The maximum Gasteiger partial charge on any atom is 0.389 e. The minimum atomic E-state index is -4.18. The van der Waals surface area contributed by atoms with Crippen molar-refractivity contribution in [2.24, 2.45) is 0 Å². The molecule has 7 heteroatoms. The second-order valence-electron chi connectivity index (χ2n) is 4.28. The van der Waals surface area contributed by atoms with Gasteiger partial charge in [0.2, 0.25) is 0 Å². The fourth-order valence-electron chi connectivity index (χ4n) is 1.63. The lowest BCUT2D eigenvalue weighted by molar-refractivity contribution is -0.135. The third-order valence-corrected chi connectivity index (χ3v) is 2.64. The fourth-order valence-corrected chi connectivity index (χ4v) is 1.63. The number of benzene rings is 1. The van der Waals surface area contributed by atoms with E-state index in [2.05, 4.69) is 5.32 Å². The highest BCUT2D eigenvalue weighted by Crippen LogP contribution is 2.22. The topological polar surface area (TPSA) is 35.8 Å². The van der Waals surface area contributed by atoms with Crippen LogP contribution >= 0.6 is 0 Å². The SMILES string of the molecule is N#Cc1cc(F)c(CNCCCCC(F)(F)F)c(F)c1. The van der Waals surface area contributed by atoms with Crippen molar-refractivity contribution in [3.05, 3.63) is 34.9 Å². The van der Waals surface area contributed by atoms with Crippen molar-refractivity contribution < 1.29 is 22.0 Å². The maximum atomic E-state index is 13.4. The minimum absolute atomic E-state index is 0.0329. The molecule has 0 heterocycles. The van der Waals surface area contributed by atoms with Gasteiger partial charge in [0, 0.05) is 18.5 Å². The number of nitrogens with zero attached hydrogens (tertiary/aromatic N) is 1. The lowest BCUT2D eigenvalue weighted by Gasteiger charge is -2.08. The van der Waals surface area contributed by atoms with Crippen LogP contribution in [0, 0.1) is 23.0 Å². The summed E-state index contributed by atoms with van der Waals surface area (Å²) >= 11 is 0. The van der Waals surface area contributed by atoms with Crippen molar-refractivity contribution >= 4 is 0 Å². The molecule has 2 nitrogen and oxygen atoms in total. The largest absolute Gasteiger partial charge is 0.389 e. The molecule has 0 radical (unpaired) electrons. The molecule has 0 unspecified atom stereocenters. The van der Waals surface area contributed by atoms with E-state index in [-0.39, 0.29) is 37.1 Å². The summed E-state index contributed by atoms with van der Waals surface area (Å²) in [6.07, 6.45) is -4.81. The van der Waals surface area contributed by atoms with Crippen LogP contribution in [0.1, 0.15) is 30.4 Å². The van der Waals surface area contributed by atoms with E-state index in [4.69, 9.17) is 5.26 Å². The molecular weight excluding hydrogens is 279 g/mol. The van der Waals surface area contributed by atoms with E-state index in [1.807, 2.05) is 0 Å². The van der Waals surface area contributed by atoms with E-state index in [1.54, 1.807) is 6.07 Å². The zero-order valence-corrected chi connectivity index (χ0v) is 10.5. The van der Waals surface area contributed by atoms with E-state index in [0.717, 1.165) is 12.1 Å². The molecular formula is C13H13F5N2. The zero-order valence-electron chi connectivity index (χ0n) is 10.5.